The van der Waals surface area contributed by atoms with E-state index in [9.17, 15) is 0 Å². The molecule has 0 N–H and O–H groups in total. The Morgan fingerprint density at radius 2 is 1.85 bits per heavy atom. The van der Waals surface area contributed by atoms with Crippen molar-refractivity contribution in [1.29, 1.82) is 0 Å². The van der Waals surface area contributed by atoms with Gasteiger partial charge >= 0.3 is 0 Å². The highest BCUT2D eigenvalue weighted by Gasteiger charge is 2.30. The zero-order valence-electron chi connectivity index (χ0n) is 15.0. The summed E-state index contributed by atoms with van der Waals surface area (Å²) < 4.78 is 11.4. The van der Waals surface area contributed by atoms with Crippen LogP contribution in [0.15, 0.2) is 57.8 Å². The highest BCUT2D eigenvalue weighted by atomic mass is 32.2. The van der Waals surface area contributed by atoms with E-state index < -0.39 is 0 Å². The van der Waals surface area contributed by atoms with Gasteiger partial charge in [0, 0.05) is 16.2 Å². The van der Waals surface area contributed by atoms with E-state index in [0.29, 0.717) is 29.6 Å². The highest BCUT2D eigenvalue weighted by molar-refractivity contribution is 8.00. The number of hydrogen-bond donors (Lipinski definition) is 0. The monoisotopic (exact) mass is 367 g/mol. The molecule has 2 heterocycles. The molecule has 0 radical (unpaired) electrons. The molecule has 26 heavy (non-hydrogen) atoms. The van der Waals surface area contributed by atoms with Gasteiger partial charge in [-0.1, -0.05) is 31.2 Å². The summed E-state index contributed by atoms with van der Waals surface area (Å²) in [4.78, 5) is 3.64. The Labute approximate surface area is 157 Å². The smallest absolute Gasteiger partial charge is 0.251 e. The molecule has 1 aliphatic heterocycles. The van der Waals surface area contributed by atoms with E-state index in [1.165, 1.54) is 10.6 Å². The van der Waals surface area contributed by atoms with Gasteiger partial charge in [-0.05, 0) is 31.2 Å². The predicted octanol–water partition coefficient (Wildman–Crippen LogP) is 4.63. The number of rotatable bonds is 4. The van der Waals surface area contributed by atoms with Crippen molar-refractivity contribution in [3.05, 3.63) is 54.4 Å². The van der Waals surface area contributed by atoms with Gasteiger partial charge in [-0.3, -0.25) is 0 Å². The maximum absolute atomic E-state index is 5.96. The van der Waals surface area contributed by atoms with Crippen molar-refractivity contribution in [2.45, 2.75) is 36.6 Å². The minimum Gasteiger partial charge on any atom is -0.496 e. The zero-order valence-corrected chi connectivity index (χ0v) is 15.9. The van der Waals surface area contributed by atoms with E-state index in [1.54, 1.807) is 7.11 Å². The largest absolute Gasteiger partial charge is 0.496 e. The van der Waals surface area contributed by atoms with E-state index in [4.69, 9.17) is 9.15 Å². The molecule has 0 spiro atoms. The number of fused-ring (bicyclic) bond motifs is 1. The van der Waals surface area contributed by atoms with E-state index >= 15 is 0 Å². The Balaban J connectivity index is 1.63. The summed E-state index contributed by atoms with van der Waals surface area (Å²) in [7, 11) is 1.64. The molecule has 4 rings (SSSR count). The number of ether oxygens (including phenoxy) is 1. The third kappa shape index (κ3) is 3.05. The molecule has 0 saturated carbocycles. The standard InChI is InChI=1S/C20H21N3O2S/c1-13-14(2)26-18-11-7-5-9-16(18)23(13)12-19-21-22-20(25-19)15-8-4-6-10-17(15)24-3/h4-11,13-14H,12H2,1-3H3. The molecular weight excluding hydrogens is 346 g/mol. The molecular formula is C20H21N3O2S. The van der Waals surface area contributed by atoms with Gasteiger partial charge in [0.1, 0.15) is 5.75 Å². The van der Waals surface area contributed by atoms with Crippen LogP contribution in [0.2, 0.25) is 0 Å². The minimum atomic E-state index is 0.372. The lowest BCUT2D eigenvalue weighted by Gasteiger charge is -2.39. The number of para-hydroxylation sites is 2. The van der Waals surface area contributed by atoms with Gasteiger partial charge < -0.3 is 14.1 Å². The number of benzene rings is 2. The molecule has 3 aromatic rings. The first kappa shape index (κ1) is 17.0. The summed E-state index contributed by atoms with van der Waals surface area (Å²) in [5, 5.41) is 8.99. The minimum absolute atomic E-state index is 0.372. The average Bonchev–Trinajstić information content (AvgIpc) is 3.14. The van der Waals surface area contributed by atoms with Crippen LogP contribution in [0.1, 0.15) is 19.7 Å². The first-order valence-corrected chi connectivity index (χ1v) is 9.53. The van der Waals surface area contributed by atoms with Crippen LogP contribution >= 0.6 is 11.8 Å². The Morgan fingerprint density at radius 1 is 1.08 bits per heavy atom. The summed E-state index contributed by atoms with van der Waals surface area (Å²) >= 11 is 1.92. The van der Waals surface area contributed by atoms with Gasteiger partial charge in [-0.25, -0.2) is 0 Å². The van der Waals surface area contributed by atoms with Crippen molar-refractivity contribution in [3.63, 3.8) is 0 Å². The van der Waals surface area contributed by atoms with Gasteiger partial charge in [0.2, 0.25) is 5.89 Å². The summed E-state index contributed by atoms with van der Waals surface area (Å²) in [5.74, 6) is 1.81. The number of thioether (sulfide) groups is 1. The SMILES string of the molecule is COc1ccccc1-c1nnc(CN2c3ccccc3SC(C)C2C)o1. The van der Waals surface area contributed by atoms with Crippen LogP contribution in [-0.4, -0.2) is 28.6 Å². The van der Waals surface area contributed by atoms with Crippen molar-refractivity contribution in [3.8, 4) is 17.2 Å². The molecule has 0 saturated heterocycles. The molecule has 1 aliphatic rings. The van der Waals surface area contributed by atoms with Gasteiger partial charge in [0.05, 0.1) is 24.9 Å². The topological polar surface area (TPSA) is 51.4 Å². The van der Waals surface area contributed by atoms with Crippen LogP contribution < -0.4 is 9.64 Å². The molecule has 0 amide bonds. The molecule has 0 bridgehead atoms. The molecule has 2 unspecified atom stereocenters. The van der Waals surface area contributed by atoms with Crippen molar-refractivity contribution in [2.24, 2.45) is 0 Å². The molecule has 2 atom stereocenters. The molecule has 0 fully saturated rings. The molecule has 6 heteroatoms. The molecule has 0 aliphatic carbocycles. The first-order valence-electron chi connectivity index (χ1n) is 8.65. The highest BCUT2D eigenvalue weighted by Crippen LogP contribution is 2.42. The predicted molar refractivity (Wildman–Crippen MR) is 104 cm³/mol. The summed E-state index contributed by atoms with van der Waals surface area (Å²) in [6.45, 7) is 5.09. The van der Waals surface area contributed by atoms with E-state index in [0.717, 1.165) is 11.3 Å². The van der Waals surface area contributed by atoms with E-state index in [2.05, 4.69) is 53.2 Å². The number of methoxy groups -OCH3 is 1. The van der Waals surface area contributed by atoms with Gasteiger partial charge in [0.25, 0.3) is 5.89 Å². The Kier molecular flexibility index (Phi) is 4.59. The zero-order chi connectivity index (χ0) is 18.1. The van der Waals surface area contributed by atoms with E-state index in [1.807, 2.05) is 36.0 Å². The third-order valence-electron chi connectivity index (χ3n) is 4.77. The van der Waals surface area contributed by atoms with Crippen LogP contribution in [0.3, 0.4) is 0 Å². The average molecular weight is 367 g/mol. The van der Waals surface area contributed by atoms with Gasteiger partial charge in [-0.15, -0.1) is 22.0 Å². The molecule has 2 aromatic carbocycles. The Morgan fingerprint density at radius 3 is 2.69 bits per heavy atom. The third-order valence-corrected chi connectivity index (χ3v) is 6.13. The normalized spacial score (nSPS) is 19.3. The summed E-state index contributed by atoms with van der Waals surface area (Å²) in [6, 6.07) is 16.5. The molecule has 134 valence electrons. The fraction of sp³-hybridized carbons (Fsp3) is 0.300. The molecule has 5 nitrogen and oxygen atoms in total. The second-order valence-corrected chi connectivity index (χ2v) is 7.78. The molecule has 1 aromatic heterocycles. The lowest BCUT2D eigenvalue weighted by Crippen LogP contribution is -2.41. The second-order valence-electron chi connectivity index (χ2n) is 6.36. The summed E-state index contributed by atoms with van der Waals surface area (Å²) in [5.41, 5.74) is 2.03. The van der Waals surface area contributed by atoms with Crippen molar-refractivity contribution >= 4 is 17.4 Å². The van der Waals surface area contributed by atoms with Gasteiger partial charge in [0.15, 0.2) is 0 Å². The Hall–Kier alpha value is -2.47. The number of anilines is 1. The fourth-order valence-electron chi connectivity index (χ4n) is 3.19. The van der Waals surface area contributed by atoms with Crippen molar-refractivity contribution < 1.29 is 9.15 Å². The van der Waals surface area contributed by atoms with E-state index in [-0.39, 0.29) is 0 Å². The maximum atomic E-state index is 5.96. The number of aromatic nitrogens is 2. The quantitative estimate of drug-likeness (QED) is 0.670. The van der Waals surface area contributed by atoms with Crippen LogP contribution in [0.25, 0.3) is 11.5 Å². The maximum Gasteiger partial charge on any atom is 0.251 e. The fourth-order valence-corrected chi connectivity index (χ4v) is 4.40. The van der Waals surface area contributed by atoms with Crippen molar-refractivity contribution in [2.75, 3.05) is 12.0 Å². The lowest BCUT2D eigenvalue weighted by molar-refractivity contribution is 0.413. The number of hydrogen-bond acceptors (Lipinski definition) is 6. The van der Waals surface area contributed by atoms with Crippen molar-refractivity contribution in [1.82, 2.24) is 10.2 Å². The van der Waals surface area contributed by atoms with Gasteiger partial charge in [-0.2, -0.15) is 0 Å². The summed E-state index contributed by atoms with van der Waals surface area (Å²) in [6.07, 6.45) is 0. The van der Waals surface area contributed by atoms with Crippen LogP contribution in [-0.2, 0) is 6.54 Å². The number of nitrogens with zero attached hydrogens (tertiary/aromatic N) is 3. The Bertz CT molecular complexity index is 911. The lowest BCUT2D eigenvalue weighted by atomic mass is 10.1. The van der Waals surface area contributed by atoms with Crippen LogP contribution in [0.5, 0.6) is 5.75 Å². The first-order chi connectivity index (χ1) is 12.7. The van der Waals surface area contributed by atoms with Crippen LogP contribution in [0, 0.1) is 0 Å². The second kappa shape index (κ2) is 7.03. The van der Waals surface area contributed by atoms with Crippen LogP contribution in [0.4, 0.5) is 5.69 Å².